The molecule has 1 unspecified atom stereocenters. The fraction of sp³-hybridized carbons (Fsp3) is 0.261. The third kappa shape index (κ3) is 5.96. The smallest absolute Gasteiger partial charge is 0.416 e. The van der Waals surface area contributed by atoms with E-state index < -0.39 is 11.7 Å². The topological polar surface area (TPSA) is 67.5 Å². The predicted molar refractivity (Wildman–Crippen MR) is 110 cm³/mol. The Hall–Kier alpha value is -3.10. The number of rotatable bonds is 7. The van der Waals surface area contributed by atoms with Gasteiger partial charge in [0.2, 0.25) is 5.89 Å². The van der Waals surface area contributed by atoms with Crippen molar-refractivity contribution in [3.05, 3.63) is 77.2 Å². The average Bonchev–Trinajstić information content (AvgIpc) is 3.20. The number of halogens is 3. The largest absolute Gasteiger partial charge is 0.487 e. The van der Waals surface area contributed by atoms with E-state index >= 15 is 0 Å². The van der Waals surface area contributed by atoms with Crippen LogP contribution in [0.5, 0.6) is 5.75 Å². The molecule has 0 bridgehead atoms. The Balaban J connectivity index is 1.70. The normalized spacial score (nSPS) is 13.3. The van der Waals surface area contributed by atoms with Gasteiger partial charge < -0.3 is 14.4 Å². The van der Waals surface area contributed by atoms with E-state index in [4.69, 9.17) is 14.4 Å². The van der Waals surface area contributed by atoms with Crippen LogP contribution in [0.1, 0.15) is 36.2 Å². The number of ether oxygens (including phenoxy) is 1. The second-order valence-electron chi connectivity index (χ2n) is 7.31. The van der Waals surface area contributed by atoms with E-state index in [1.165, 1.54) is 18.4 Å². The van der Waals surface area contributed by atoms with Gasteiger partial charge in [-0.3, -0.25) is 0 Å². The summed E-state index contributed by atoms with van der Waals surface area (Å²) in [6.45, 7) is 5.87. The first-order valence-electron chi connectivity index (χ1n) is 9.60. The molecule has 1 atom stereocenters. The van der Waals surface area contributed by atoms with Gasteiger partial charge in [-0.15, -0.1) is 0 Å². The fourth-order valence-corrected chi connectivity index (χ4v) is 3.03. The highest BCUT2D eigenvalue weighted by Crippen LogP contribution is 2.31. The molecule has 2 N–H and O–H groups in total. The summed E-state index contributed by atoms with van der Waals surface area (Å²) >= 11 is 0. The molecule has 0 aliphatic rings. The average molecular weight is 432 g/mol. The molecule has 0 aliphatic carbocycles. The summed E-state index contributed by atoms with van der Waals surface area (Å²) in [4.78, 5) is 4.30. The van der Waals surface area contributed by atoms with Crippen LogP contribution in [0.2, 0.25) is 0 Å². The van der Waals surface area contributed by atoms with E-state index in [-0.39, 0.29) is 18.5 Å². The van der Waals surface area contributed by atoms with Gasteiger partial charge in [0.25, 0.3) is 0 Å². The number of allylic oxidation sites excluding steroid dienone is 1. The maximum absolute atomic E-state index is 12.7. The molecule has 1 aromatic heterocycles. The van der Waals surface area contributed by atoms with Gasteiger partial charge in [-0.25, -0.2) is 4.98 Å². The molecular weight excluding hydrogens is 409 g/mol. The van der Waals surface area contributed by atoms with Crippen molar-refractivity contribution >= 4 is 5.57 Å². The summed E-state index contributed by atoms with van der Waals surface area (Å²) in [5.41, 5.74) is 5.38. The highest BCUT2D eigenvalue weighted by Gasteiger charge is 2.30. The molecule has 164 valence electrons. The zero-order valence-electron chi connectivity index (χ0n) is 17.3. The van der Waals surface area contributed by atoms with Gasteiger partial charge in [0, 0.05) is 11.6 Å². The van der Waals surface area contributed by atoms with Crippen LogP contribution in [0.15, 0.2) is 59.2 Å². The molecule has 3 rings (SSSR count). The van der Waals surface area contributed by atoms with Crippen LogP contribution in [0.25, 0.3) is 17.0 Å². The standard InChI is InChI=1S/C23H23F3N2O3/c1-14-8-18(15(2)10-16(3)28-29)11-21(9-14)30-12-20-13-31-22(27-20)17-4-6-19(7-5-17)23(24,25)26/h4-11,13,16,28-29H,12H2,1-3H3. The van der Waals surface area contributed by atoms with Crippen LogP contribution in [0, 0.1) is 6.92 Å². The van der Waals surface area contributed by atoms with E-state index in [1.54, 1.807) is 0 Å². The van der Waals surface area contributed by atoms with Gasteiger partial charge in [-0.05, 0) is 73.9 Å². The maximum Gasteiger partial charge on any atom is 0.416 e. The van der Waals surface area contributed by atoms with Crippen molar-refractivity contribution in [2.75, 3.05) is 0 Å². The lowest BCUT2D eigenvalue weighted by atomic mass is 10.0. The summed E-state index contributed by atoms with van der Waals surface area (Å²) < 4.78 is 49.3. The molecule has 0 saturated heterocycles. The monoisotopic (exact) mass is 432 g/mol. The lowest BCUT2D eigenvalue weighted by Crippen LogP contribution is -2.19. The molecule has 0 amide bonds. The van der Waals surface area contributed by atoms with E-state index in [2.05, 4.69) is 10.5 Å². The second kappa shape index (κ2) is 9.36. The SMILES string of the molecule is CC(=CC(C)NO)c1cc(C)cc(OCc2coc(-c3ccc(C(F)(F)F)cc3)n2)c1. The molecule has 0 aliphatic heterocycles. The quantitative estimate of drug-likeness (QED) is 0.447. The number of aryl methyl sites for hydroxylation is 1. The molecule has 0 radical (unpaired) electrons. The summed E-state index contributed by atoms with van der Waals surface area (Å²) in [6.07, 6.45) is -1.07. The van der Waals surface area contributed by atoms with Gasteiger partial charge in [-0.2, -0.15) is 18.7 Å². The molecule has 0 spiro atoms. The van der Waals surface area contributed by atoms with Gasteiger partial charge in [0.05, 0.1) is 5.56 Å². The first kappa shape index (κ1) is 22.6. The van der Waals surface area contributed by atoms with Crippen LogP contribution in [0.3, 0.4) is 0 Å². The molecule has 0 saturated carbocycles. The highest BCUT2D eigenvalue weighted by atomic mass is 19.4. The highest BCUT2D eigenvalue weighted by molar-refractivity contribution is 5.66. The fourth-order valence-electron chi connectivity index (χ4n) is 3.03. The maximum atomic E-state index is 12.7. The van der Waals surface area contributed by atoms with Gasteiger partial charge in [-0.1, -0.05) is 12.1 Å². The molecule has 3 aromatic rings. The van der Waals surface area contributed by atoms with Gasteiger partial charge in [0.1, 0.15) is 24.3 Å². The van der Waals surface area contributed by atoms with Crippen LogP contribution in [0.4, 0.5) is 13.2 Å². The zero-order valence-corrected chi connectivity index (χ0v) is 17.3. The van der Waals surface area contributed by atoms with Crippen LogP contribution in [-0.4, -0.2) is 16.2 Å². The summed E-state index contributed by atoms with van der Waals surface area (Å²) in [7, 11) is 0. The number of alkyl halides is 3. The Labute approximate surface area is 178 Å². The van der Waals surface area contributed by atoms with Gasteiger partial charge in [0.15, 0.2) is 0 Å². The molecule has 2 aromatic carbocycles. The Bertz CT molecular complexity index is 1060. The molecule has 5 nitrogen and oxygen atoms in total. The van der Waals surface area contributed by atoms with Crippen molar-refractivity contribution < 1.29 is 27.5 Å². The number of hydrogen-bond donors (Lipinski definition) is 2. The van der Waals surface area contributed by atoms with Crippen molar-refractivity contribution in [2.45, 2.75) is 39.6 Å². The number of hydrogen-bond acceptors (Lipinski definition) is 5. The van der Waals surface area contributed by atoms with Crippen molar-refractivity contribution in [3.8, 4) is 17.2 Å². The lowest BCUT2D eigenvalue weighted by molar-refractivity contribution is -0.137. The van der Waals surface area contributed by atoms with Crippen LogP contribution < -0.4 is 10.2 Å². The molecule has 31 heavy (non-hydrogen) atoms. The number of hydroxylamine groups is 1. The number of benzene rings is 2. The number of oxazole rings is 1. The van der Waals surface area contributed by atoms with Crippen LogP contribution >= 0.6 is 0 Å². The minimum absolute atomic E-state index is 0.143. The van der Waals surface area contributed by atoms with Gasteiger partial charge >= 0.3 is 6.18 Å². The van der Waals surface area contributed by atoms with E-state index in [0.717, 1.165) is 28.8 Å². The predicted octanol–water partition coefficient (Wildman–Crippen LogP) is 6.02. The first-order valence-corrected chi connectivity index (χ1v) is 9.60. The summed E-state index contributed by atoms with van der Waals surface area (Å²) in [5, 5.41) is 9.00. The van der Waals surface area contributed by atoms with E-state index in [1.807, 2.05) is 45.0 Å². The molecule has 0 fully saturated rings. The van der Waals surface area contributed by atoms with E-state index in [9.17, 15) is 13.2 Å². The summed E-state index contributed by atoms with van der Waals surface area (Å²) in [5.74, 6) is 0.868. The number of nitrogens with zero attached hydrogens (tertiary/aromatic N) is 1. The Morgan fingerprint density at radius 3 is 2.58 bits per heavy atom. The lowest BCUT2D eigenvalue weighted by Gasteiger charge is -2.11. The Morgan fingerprint density at radius 2 is 1.94 bits per heavy atom. The molecule has 1 heterocycles. The van der Waals surface area contributed by atoms with Crippen molar-refractivity contribution in [1.29, 1.82) is 0 Å². The molecular formula is C23H23F3N2O3. The minimum atomic E-state index is -4.39. The minimum Gasteiger partial charge on any atom is -0.487 e. The third-order valence-electron chi connectivity index (χ3n) is 4.61. The van der Waals surface area contributed by atoms with Crippen molar-refractivity contribution in [3.63, 3.8) is 0 Å². The van der Waals surface area contributed by atoms with E-state index in [0.29, 0.717) is 17.0 Å². The second-order valence-corrected chi connectivity index (χ2v) is 7.31. The van der Waals surface area contributed by atoms with Crippen LogP contribution in [-0.2, 0) is 12.8 Å². The Morgan fingerprint density at radius 1 is 1.23 bits per heavy atom. The number of nitrogens with one attached hydrogen (secondary N) is 1. The summed E-state index contributed by atoms with van der Waals surface area (Å²) in [6, 6.07) is 10.2. The molecule has 8 heteroatoms. The number of aromatic nitrogens is 1. The zero-order chi connectivity index (χ0) is 22.6. The van der Waals surface area contributed by atoms with Crippen molar-refractivity contribution in [2.24, 2.45) is 0 Å². The third-order valence-corrected chi connectivity index (χ3v) is 4.61. The van der Waals surface area contributed by atoms with Crippen molar-refractivity contribution in [1.82, 2.24) is 10.5 Å². The first-order chi connectivity index (χ1) is 14.7. The Kier molecular flexibility index (Phi) is 6.82.